The van der Waals surface area contributed by atoms with Gasteiger partial charge in [-0.05, 0) is 18.8 Å². The van der Waals surface area contributed by atoms with E-state index in [1.165, 1.54) is 25.8 Å². The van der Waals surface area contributed by atoms with Gasteiger partial charge in [0.2, 0.25) is 0 Å². The van der Waals surface area contributed by atoms with Crippen LogP contribution in [0.3, 0.4) is 0 Å². The van der Waals surface area contributed by atoms with Crippen molar-refractivity contribution in [1.82, 2.24) is 10.4 Å². The molecule has 0 aromatic heterocycles. The van der Waals surface area contributed by atoms with E-state index in [9.17, 15) is 0 Å². The Bertz CT molecular complexity index is 93.7. The van der Waals surface area contributed by atoms with Gasteiger partial charge in [0.05, 0.1) is 0 Å². The standard InChI is InChI=1S/C9H19N2/c1-9(2)8-11-7-5-3-4-6-10-11/h9H,3-8H2,1-2H3. The van der Waals surface area contributed by atoms with Gasteiger partial charge in [-0.2, -0.15) is 5.43 Å². The molecule has 1 aliphatic rings. The van der Waals surface area contributed by atoms with Gasteiger partial charge >= 0.3 is 0 Å². The van der Waals surface area contributed by atoms with Crippen LogP contribution in [0.4, 0.5) is 0 Å². The monoisotopic (exact) mass is 155 g/mol. The quantitative estimate of drug-likeness (QED) is 0.592. The molecule has 65 valence electrons. The molecule has 0 aliphatic carbocycles. The minimum atomic E-state index is 0.747. The van der Waals surface area contributed by atoms with Gasteiger partial charge in [0.25, 0.3) is 0 Å². The average Bonchev–Trinajstić information content (AvgIpc) is 2.14. The van der Waals surface area contributed by atoms with Crippen LogP contribution in [-0.2, 0) is 0 Å². The lowest BCUT2D eigenvalue weighted by Crippen LogP contribution is -2.34. The molecule has 2 nitrogen and oxygen atoms in total. The molecule has 0 aromatic rings. The normalized spacial score (nSPS) is 22.1. The van der Waals surface area contributed by atoms with Crippen LogP contribution in [0.15, 0.2) is 0 Å². The summed E-state index contributed by atoms with van der Waals surface area (Å²) in [5, 5.41) is 2.25. The molecule has 11 heavy (non-hydrogen) atoms. The van der Waals surface area contributed by atoms with Gasteiger partial charge in [0, 0.05) is 19.6 Å². The van der Waals surface area contributed by atoms with E-state index in [4.69, 9.17) is 0 Å². The van der Waals surface area contributed by atoms with Crippen molar-refractivity contribution in [1.29, 1.82) is 0 Å². The van der Waals surface area contributed by atoms with Gasteiger partial charge in [-0.15, -0.1) is 0 Å². The summed E-state index contributed by atoms with van der Waals surface area (Å²) < 4.78 is 0. The maximum Gasteiger partial charge on any atom is 0.0306 e. The van der Waals surface area contributed by atoms with E-state index in [1.807, 2.05) is 0 Å². The molecule has 1 aliphatic heterocycles. The van der Waals surface area contributed by atoms with E-state index in [0.29, 0.717) is 0 Å². The van der Waals surface area contributed by atoms with Gasteiger partial charge in [-0.25, -0.2) is 5.01 Å². The van der Waals surface area contributed by atoms with Crippen LogP contribution in [-0.4, -0.2) is 24.6 Å². The van der Waals surface area contributed by atoms with Gasteiger partial charge in [0.1, 0.15) is 0 Å². The molecule has 0 aromatic carbocycles. The summed E-state index contributed by atoms with van der Waals surface area (Å²) >= 11 is 0. The highest BCUT2D eigenvalue weighted by molar-refractivity contribution is 4.60. The van der Waals surface area contributed by atoms with Gasteiger partial charge < -0.3 is 0 Å². The number of nitrogens with zero attached hydrogens (tertiary/aromatic N) is 2. The maximum absolute atomic E-state index is 4.50. The van der Waals surface area contributed by atoms with E-state index >= 15 is 0 Å². The average molecular weight is 155 g/mol. The molecule has 1 rings (SSSR count). The Labute approximate surface area is 69.9 Å². The summed E-state index contributed by atoms with van der Waals surface area (Å²) in [6.45, 7) is 7.87. The molecule has 0 atom stereocenters. The molecule has 1 saturated heterocycles. The molecule has 0 N–H and O–H groups in total. The van der Waals surface area contributed by atoms with Crippen LogP contribution in [0.2, 0.25) is 0 Å². The highest BCUT2D eigenvalue weighted by atomic mass is 15.5. The van der Waals surface area contributed by atoms with Crippen LogP contribution < -0.4 is 5.43 Å². The summed E-state index contributed by atoms with van der Waals surface area (Å²) in [4.78, 5) is 0. The van der Waals surface area contributed by atoms with Crippen molar-refractivity contribution in [3.63, 3.8) is 0 Å². The second kappa shape index (κ2) is 4.73. The number of hydrogen-bond acceptors (Lipinski definition) is 1. The zero-order chi connectivity index (χ0) is 8.10. The molecular formula is C9H19N2. The topological polar surface area (TPSA) is 17.3 Å². The Morgan fingerprint density at radius 2 is 2.09 bits per heavy atom. The molecular weight excluding hydrogens is 136 g/mol. The Hall–Kier alpha value is -0.0800. The lowest BCUT2D eigenvalue weighted by atomic mass is 10.2. The molecule has 0 unspecified atom stereocenters. The van der Waals surface area contributed by atoms with Crippen molar-refractivity contribution in [3.8, 4) is 0 Å². The predicted octanol–water partition coefficient (Wildman–Crippen LogP) is 1.65. The first-order valence-corrected chi connectivity index (χ1v) is 4.71. The van der Waals surface area contributed by atoms with Crippen LogP contribution in [0.1, 0.15) is 33.1 Å². The Morgan fingerprint density at radius 1 is 1.27 bits per heavy atom. The zero-order valence-corrected chi connectivity index (χ0v) is 7.71. The van der Waals surface area contributed by atoms with E-state index in [-0.39, 0.29) is 0 Å². The minimum absolute atomic E-state index is 0.747. The fraction of sp³-hybridized carbons (Fsp3) is 1.00. The van der Waals surface area contributed by atoms with E-state index in [2.05, 4.69) is 24.3 Å². The summed E-state index contributed by atoms with van der Waals surface area (Å²) in [5.74, 6) is 0.747. The second-order valence-electron chi connectivity index (χ2n) is 3.73. The highest BCUT2D eigenvalue weighted by Crippen LogP contribution is 2.05. The van der Waals surface area contributed by atoms with Crippen molar-refractivity contribution < 1.29 is 0 Å². The van der Waals surface area contributed by atoms with Crippen molar-refractivity contribution in [2.45, 2.75) is 33.1 Å². The van der Waals surface area contributed by atoms with Crippen LogP contribution >= 0.6 is 0 Å². The highest BCUT2D eigenvalue weighted by Gasteiger charge is 2.10. The smallest absolute Gasteiger partial charge is 0.0306 e. The second-order valence-corrected chi connectivity index (χ2v) is 3.73. The van der Waals surface area contributed by atoms with Crippen molar-refractivity contribution in [2.24, 2.45) is 5.92 Å². The lowest BCUT2D eigenvalue weighted by Gasteiger charge is -2.20. The van der Waals surface area contributed by atoms with E-state index < -0.39 is 0 Å². The first kappa shape index (κ1) is 9.01. The van der Waals surface area contributed by atoms with Crippen molar-refractivity contribution in [3.05, 3.63) is 0 Å². The van der Waals surface area contributed by atoms with Crippen molar-refractivity contribution in [2.75, 3.05) is 19.6 Å². The SMILES string of the molecule is CC(C)CN1CCCCC[N]1. The summed E-state index contributed by atoms with van der Waals surface area (Å²) in [6.07, 6.45) is 3.98. The minimum Gasteiger partial charge on any atom is -0.227 e. The Balaban J connectivity index is 2.20. The lowest BCUT2D eigenvalue weighted by molar-refractivity contribution is 0.171. The largest absolute Gasteiger partial charge is 0.227 e. The molecule has 1 fully saturated rings. The Kier molecular flexibility index (Phi) is 3.87. The summed E-state index contributed by atoms with van der Waals surface area (Å²) in [6, 6.07) is 0. The Morgan fingerprint density at radius 3 is 2.82 bits per heavy atom. The fourth-order valence-corrected chi connectivity index (χ4v) is 1.44. The van der Waals surface area contributed by atoms with Crippen LogP contribution in [0, 0.1) is 5.92 Å². The maximum atomic E-state index is 4.50. The van der Waals surface area contributed by atoms with Gasteiger partial charge in [-0.3, -0.25) is 0 Å². The molecule has 0 bridgehead atoms. The van der Waals surface area contributed by atoms with E-state index in [1.54, 1.807) is 0 Å². The first-order chi connectivity index (χ1) is 5.29. The fourth-order valence-electron chi connectivity index (χ4n) is 1.44. The third kappa shape index (κ3) is 3.73. The van der Waals surface area contributed by atoms with Crippen LogP contribution in [0.5, 0.6) is 0 Å². The van der Waals surface area contributed by atoms with Crippen molar-refractivity contribution >= 4 is 0 Å². The molecule has 2 heteroatoms. The number of rotatable bonds is 2. The van der Waals surface area contributed by atoms with Gasteiger partial charge in [0.15, 0.2) is 0 Å². The summed E-state index contributed by atoms with van der Waals surface area (Å²) in [5.41, 5.74) is 4.50. The predicted molar refractivity (Wildman–Crippen MR) is 47.3 cm³/mol. The van der Waals surface area contributed by atoms with Gasteiger partial charge in [-0.1, -0.05) is 20.3 Å². The first-order valence-electron chi connectivity index (χ1n) is 4.71. The van der Waals surface area contributed by atoms with E-state index in [0.717, 1.165) is 19.0 Å². The molecule has 0 spiro atoms. The third-order valence-electron chi connectivity index (χ3n) is 1.95. The molecule has 0 amide bonds. The number of hydrogen-bond donors (Lipinski definition) is 0. The summed E-state index contributed by atoms with van der Waals surface area (Å²) in [7, 11) is 0. The van der Waals surface area contributed by atoms with Crippen LogP contribution in [0.25, 0.3) is 0 Å². The third-order valence-corrected chi connectivity index (χ3v) is 1.95. The molecule has 0 saturated carbocycles. The molecule has 1 radical (unpaired) electrons. The molecule has 1 heterocycles. The zero-order valence-electron chi connectivity index (χ0n) is 7.71.